The lowest BCUT2D eigenvalue weighted by atomic mass is 9.90. The monoisotopic (exact) mass is 292 g/mol. The number of amides is 1. The molecule has 0 saturated carbocycles. The fraction of sp³-hybridized carbons (Fsp3) is 0.571. The molecule has 2 unspecified atom stereocenters. The van der Waals surface area contributed by atoms with Crippen molar-refractivity contribution in [2.45, 2.75) is 25.8 Å². The van der Waals surface area contributed by atoms with Crippen LogP contribution in [-0.4, -0.2) is 58.0 Å². The average molecular weight is 292 g/mol. The van der Waals surface area contributed by atoms with E-state index in [1.807, 2.05) is 6.92 Å². The molecule has 1 aromatic heterocycles. The van der Waals surface area contributed by atoms with Gasteiger partial charge in [0.25, 0.3) is 0 Å². The van der Waals surface area contributed by atoms with Crippen molar-refractivity contribution >= 4 is 17.8 Å². The second kappa shape index (κ2) is 6.51. The number of anilines is 1. The molecular weight excluding hydrogens is 272 g/mol. The van der Waals surface area contributed by atoms with Gasteiger partial charge in [-0.3, -0.25) is 4.79 Å². The van der Waals surface area contributed by atoms with Crippen LogP contribution >= 0.6 is 0 Å². The molecule has 2 rings (SSSR count). The van der Waals surface area contributed by atoms with Crippen molar-refractivity contribution < 1.29 is 14.7 Å². The van der Waals surface area contributed by atoms with Gasteiger partial charge in [-0.25, -0.2) is 14.8 Å². The lowest BCUT2D eigenvalue weighted by Gasteiger charge is -2.38. The quantitative estimate of drug-likeness (QED) is 0.875. The van der Waals surface area contributed by atoms with Crippen LogP contribution in [-0.2, 0) is 9.59 Å². The van der Waals surface area contributed by atoms with Gasteiger partial charge < -0.3 is 14.9 Å². The third-order valence-corrected chi connectivity index (χ3v) is 3.77. The lowest BCUT2D eigenvalue weighted by Crippen LogP contribution is -2.54. The molecule has 2 atom stereocenters. The summed E-state index contributed by atoms with van der Waals surface area (Å²) in [5.74, 6) is -0.723. The van der Waals surface area contributed by atoms with Crippen LogP contribution < -0.4 is 4.90 Å². The maximum Gasteiger partial charge on any atom is 0.326 e. The van der Waals surface area contributed by atoms with E-state index < -0.39 is 12.0 Å². The Bertz CT molecular complexity index is 508. The Balaban J connectivity index is 2.06. The molecule has 1 amide bonds. The van der Waals surface area contributed by atoms with E-state index >= 15 is 0 Å². The van der Waals surface area contributed by atoms with Gasteiger partial charge in [-0.2, -0.15) is 0 Å². The fourth-order valence-electron chi connectivity index (χ4n) is 2.70. The van der Waals surface area contributed by atoms with Crippen LogP contribution in [0, 0.1) is 5.92 Å². The smallest absolute Gasteiger partial charge is 0.326 e. The van der Waals surface area contributed by atoms with Crippen molar-refractivity contribution in [1.29, 1.82) is 0 Å². The number of nitrogens with zero attached hydrogens (tertiary/aromatic N) is 4. The van der Waals surface area contributed by atoms with Crippen LogP contribution in [0.1, 0.15) is 19.8 Å². The fourth-order valence-corrected chi connectivity index (χ4v) is 2.70. The number of aliphatic carboxylic acids is 1. The van der Waals surface area contributed by atoms with Crippen molar-refractivity contribution in [3.8, 4) is 0 Å². The van der Waals surface area contributed by atoms with Gasteiger partial charge >= 0.3 is 5.97 Å². The average Bonchev–Trinajstić information content (AvgIpc) is 2.47. The molecule has 7 heteroatoms. The summed E-state index contributed by atoms with van der Waals surface area (Å²) in [5.41, 5.74) is 0. The molecule has 21 heavy (non-hydrogen) atoms. The van der Waals surface area contributed by atoms with Crippen molar-refractivity contribution in [2.75, 3.05) is 25.0 Å². The molecule has 7 nitrogen and oxygen atoms in total. The Kier molecular flexibility index (Phi) is 4.72. The Morgan fingerprint density at radius 2 is 2.10 bits per heavy atom. The minimum absolute atomic E-state index is 0.0292. The zero-order valence-corrected chi connectivity index (χ0v) is 12.3. The van der Waals surface area contributed by atoms with Gasteiger partial charge in [0.15, 0.2) is 0 Å². The normalized spacial score (nSPS) is 21.9. The molecule has 1 fully saturated rings. The highest BCUT2D eigenvalue weighted by Gasteiger charge is 2.37. The van der Waals surface area contributed by atoms with E-state index in [0.29, 0.717) is 12.5 Å². The molecular formula is C14H20N4O3. The molecule has 0 radical (unpaired) electrons. The number of carboxylic acid groups (broad SMARTS) is 1. The highest BCUT2D eigenvalue weighted by atomic mass is 16.4. The maximum absolute atomic E-state index is 12.4. The van der Waals surface area contributed by atoms with Gasteiger partial charge in [0.05, 0.1) is 6.54 Å². The Labute approximate surface area is 123 Å². The third kappa shape index (κ3) is 3.48. The Morgan fingerprint density at radius 3 is 2.71 bits per heavy atom. The molecule has 0 spiro atoms. The maximum atomic E-state index is 12.4. The number of aromatic nitrogens is 2. The van der Waals surface area contributed by atoms with Gasteiger partial charge in [0, 0.05) is 26.0 Å². The highest BCUT2D eigenvalue weighted by Crippen LogP contribution is 2.23. The number of likely N-dealkylation sites (tertiary alicyclic amines) is 1. The van der Waals surface area contributed by atoms with E-state index in [-0.39, 0.29) is 18.4 Å². The summed E-state index contributed by atoms with van der Waals surface area (Å²) in [7, 11) is 1.72. The van der Waals surface area contributed by atoms with Crippen molar-refractivity contribution in [2.24, 2.45) is 5.92 Å². The van der Waals surface area contributed by atoms with Crippen LogP contribution in [0.4, 0.5) is 5.95 Å². The number of piperidine rings is 1. The number of carboxylic acids is 1. The van der Waals surface area contributed by atoms with E-state index in [1.165, 1.54) is 4.90 Å². The summed E-state index contributed by atoms with van der Waals surface area (Å²) in [6.45, 7) is 2.44. The van der Waals surface area contributed by atoms with Gasteiger partial charge in [-0.05, 0) is 24.8 Å². The van der Waals surface area contributed by atoms with Gasteiger partial charge in [-0.1, -0.05) is 6.92 Å². The first-order valence-electron chi connectivity index (χ1n) is 7.01. The minimum atomic E-state index is -0.936. The zero-order chi connectivity index (χ0) is 15.4. The predicted octanol–water partition coefficient (Wildman–Crippen LogP) is 0.624. The van der Waals surface area contributed by atoms with Crippen molar-refractivity contribution in [3.05, 3.63) is 18.5 Å². The van der Waals surface area contributed by atoms with Gasteiger partial charge in [0.2, 0.25) is 11.9 Å². The van der Waals surface area contributed by atoms with E-state index in [1.54, 1.807) is 30.4 Å². The zero-order valence-electron chi connectivity index (χ0n) is 12.3. The summed E-state index contributed by atoms with van der Waals surface area (Å²) in [6.07, 6.45) is 4.87. The molecule has 1 aliphatic rings. The molecule has 0 aromatic carbocycles. The van der Waals surface area contributed by atoms with Gasteiger partial charge in [0.1, 0.15) is 6.04 Å². The van der Waals surface area contributed by atoms with E-state index in [4.69, 9.17) is 0 Å². The number of carbonyl (C=O) groups is 2. The molecule has 114 valence electrons. The van der Waals surface area contributed by atoms with E-state index in [9.17, 15) is 14.7 Å². The number of carbonyl (C=O) groups excluding carboxylic acids is 1. The number of hydrogen-bond acceptors (Lipinski definition) is 5. The summed E-state index contributed by atoms with van der Waals surface area (Å²) in [5, 5.41) is 9.35. The second-order valence-electron chi connectivity index (χ2n) is 5.39. The lowest BCUT2D eigenvalue weighted by molar-refractivity contribution is -0.154. The standard InChI is InChI=1S/C14H20N4O3/c1-10-5-3-8-18(12(10)13(20)21)11(19)9-17(2)14-15-6-4-7-16-14/h4,6-7,10,12H,3,5,8-9H2,1-2H3,(H,20,21). The van der Waals surface area contributed by atoms with Crippen molar-refractivity contribution in [3.63, 3.8) is 0 Å². The summed E-state index contributed by atoms with van der Waals surface area (Å²) in [6, 6.07) is 0.961. The minimum Gasteiger partial charge on any atom is -0.480 e. The topological polar surface area (TPSA) is 86.6 Å². The van der Waals surface area contributed by atoms with E-state index in [2.05, 4.69) is 9.97 Å². The Hall–Kier alpha value is -2.18. The van der Waals surface area contributed by atoms with Crippen LogP contribution in [0.25, 0.3) is 0 Å². The predicted molar refractivity (Wildman–Crippen MR) is 76.8 cm³/mol. The molecule has 1 saturated heterocycles. The van der Waals surface area contributed by atoms with Crippen LogP contribution in [0.15, 0.2) is 18.5 Å². The number of hydrogen-bond donors (Lipinski definition) is 1. The van der Waals surface area contributed by atoms with Crippen LogP contribution in [0.3, 0.4) is 0 Å². The van der Waals surface area contributed by atoms with Crippen molar-refractivity contribution in [1.82, 2.24) is 14.9 Å². The first-order valence-corrected chi connectivity index (χ1v) is 7.01. The number of likely N-dealkylation sites (N-methyl/N-ethyl adjacent to an activating group) is 1. The molecule has 0 aliphatic carbocycles. The third-order valence-electron chi connectivity index (χ3n) is 3.77. The Morgan fingerprint density at radius 1 is 1.43 bits per heavy atom. The van der Waals surface area contributed by atoms with Crippen LogP contribution in [0.2, 0.25) is 0 Å². The molecule has 1 N–H and O–H groups in total. The summed E-state index contributed by atoms with van der Waals surface area (Å²) < 4.78 is 0. The number of rotatable bonds is 4. The summed E-state index contributed by atoms with van der Waals surface area (Å²) >= 11 is 0. The largest absolute Gasteiger partial charge is 0.480 e. The molecule has 1 aromatic rings. The van der Waals surface area contributed by atoms with E-state index in [0.717, 1.165) is 12.8 Å². The van der Waals surface area contributed by atoms with Crippen LogP contribution in [0.5, 0.6) is 0 Å². The highest BCUT2D eigenvalue weighted by molar-refractivity contribution is 5.86. The first kappa shape index (κ1) is 15.2. The molecule has 2 heterocycles. The second-order valence-corrected chi connectivity index (χ2v) is 5.39. The molecule has 1 aliphatic heterocycles. The SMILES string of the molecule is CC1CCCN(C(=O)CN(C)c2ncccn2)C1C(=O)O. The first-order chi connectivity index (χ1) is 10.0. The summed E-state index contributed by atoms with van der Waals surface area (Å²) in [4.78, 5) is 35.1. The van der Waals surface area contributed by atoms with Gasteiger partial charge in [-0.15, -0.1) is 0 Å². The molecule has 0 bridgehead atoms.